The van der Waals surface area contributed by atoms with E-state index >= 15 is 0 Å². The van der Waals surface area contributed by atoms with Crippen molar-refractivity contribution in [3.63, 3.8) is 0 Å². The molecule has 12 rings (SSSR count). The van der Waals surface area contributed by atoms with Gasteiger partial charge in [-0.25, -0.2) is 4.79 Å². The highest BCUT2D eigenvalue weighted by molar-refractivity contribution is 6.00. The number of carboxylic acid groups (broad SMARTS) is 1. The number of fused-ring (bicyclic) bond motifs is 10. The average Bonchev–Trinajstić information content (AvgIpc) is 4.08. The summed E-state index contributed by atoms with van der Waals surface area (Å²) < 4.78 is 23.6. The number of carboxylic acids is 1. The van der Waals surface area contributed by atoms with Crippen molar-refractivity contribution < 1.29 is 28.9 Å². The summed E-state index contributed by atoms with van der Waals surface area (Å²) in [5.41, 5.74) is 12.8. The fraction of sp³-hybridized carbons (Fsp3) is 0.552. The topological polar surface area (TPSA) is 105 Å². The maximum atomic E-state index is 11.9. The third kappa shape index (κ3) is 13.2. The Hall–Kier alpha value is -5.40. The normalized spacial score (nSPS) is 17.7. The summed E-state index contributed by atoms with van der Waals surface area (Å²) >= 11 is 0. The molecule has 1 N–H and O–H groups in total. The van der Waals surface area contributed by atoms with Crippen LogP contribution in [0, 0.1) is 0 Å². The maximum absolute atomic E-state index is 11.9. The number of piperidine rings is 2. The molecule has 0 radical (unpaired) electrons. The van der Waals surface area contributed by atoms with Crippen LogP contribution in [0.5, 0.6) is 17.2 Å². The van der Waals surface area contributed by atoms with Crippen molar-refractivity contribution in [2.75, 3.05) is 88.5 Å². The van der Waals surface area contributed by atoms with Gasteiger partial charge in [-0.15, -0.1) is 24.8 Å². The molecule has 2 aromatic heterocycles. The fourth-order valence-corrected chi connectivity index (χ4v) is 14.6. The third-order valence-corrected chi connectivity index (χ3v) is 18.3. The van der Waals surface area contributed by atoms with Gasteiger partial charge in [0.2, 0.25) is 0 Å². The Morgan fingerprint density at radius 2 is 1.00 bits per heavy atom. The van der Waals surface area contributed by atoms with Gasteiger partial charge in [0.25, 0.3) is 0 Å². The Kier molecular flexibility index (Phi) is 21.0. The van der Waals surface area contributed by atoms with E-state index in [0.29, 0.717) is 36.4 Å². The Balaban J connectivity index is 0.000000191. The highest BCUT2D eigenvalue weighted by atomic mass is 35.5. The first-order chi connectivity index (χ1) is 38.8. The highest BCUT2D eigenvalue weighted by Gasteiger charge is 2.34. The van der Waals surface area contributed by atoms with Gasteiger partial charge < -0.3 is 48.1 Å². The zero-order chi connectivity index (χ0) is 54.2. The summed E-state index contributed by atoms with van der Waals surface area (Å²) in [6, 6.07) is 25.4. The number of benzene rings is 4. The fourth-order valence-electron chi connectivity index (χ4n) is 14.6. The maximum Gasteiger partial charge on any atom is 0.335 e. The molecular formula is C67H90Cl2N6O6. The number of hydrogen-bond donors (Lipinski definition) is 1. The van der Waals surface area contributed by atoms with E-state index in [-0.39, 0.29) is 30.8 Å². The van der Waals surface area contributed by atoms with Gasteiger partial charge in [-0.2, -0.15) is 0 Å². The summed E-state index contributed by atoms with van der Waals surface area (Å²) in [6.07, 6.45) is 22.8. The Morgan fingerprint density at radius 1 is 0.556 bits per heavy atom. The van der Waals surface area contributed by atoms with Crippen LogP contribution in [0.15, 0.2) is 72.8 Å². The number of nitrogens with zero attached hydrogens (tertiary/aromatic N) is 6. The molecule has 0 amide bonds. The van der Waals surface area contributed by atoms with Gasteiger partial charge in [-0.3, -0.25) is 4.79 Å². The van der Waals surface area contributed by atoms with E-state index < -0.39 is 5.97 Å². The zero-order valence-electron chi connectivity index (χ0n) is 48.7. The molecule has 0 spiro atoms. The van der Waals surface area contributed by atoms with Crippen LogP contribution < -0.4 is 24.0 Å². The van der Waals surface area contributed by atoms with Gasteiger partial charge >= 0.3 is 11.9 Å². The summed E-state index contributed by atoms with van der Waals surface area (Å²) in [5.74, 6) is 2.52. The van der Waals surface area contributed by atoms with Crippen LogP contribution in [-0.4, -0.2) is 115 Å². The van der Waals surface area contributed by atoms with Crippen molar-refractivity contribution in [1.29, 1.82) is 0 Å². The predicted molar refractivity (Wildman–Crippen MR) is 336 cm³/mol. The summed E-state index contributed by atoms with van der Waals surface area (Å²) in [4.78, 5) is 34.0. The molecule has 4 fully saturated rings. The number of anilines is 2. The van der Waals surface area contributed by atoms with E-state index in [2.05, 4.69) is 97.2 Å². The lowest BCUT2D eigenvalue weighted by Gasteiger charge is -2.32. The first kappa shape index (κ1) is 60.2. The Morgan fingerprint density at radius 3 is 1.44 bits per heavy atom. The van der Waals surface area contributed by atoms with E-state index in [1.54, 1.807) is 6.07 Å². The van der Waals surface area contributed by atoms with Crippen molar-refractivity contribution in [2.24, 2.45) is 0 Å². The monoisotopic (exact) mass is 1140 g/mol. The lowest BCUT2D eigenvalue weighted by atomic mass is 9.81. The Bertz CT molecular complexity index is 3070. The number of aromatic carboxylic acids is 1. The van der Waals surface area contributed by atoms with Gasteiger partial charge in [-0.1, -0.05) is 83.4 Å². The van der Waals surface area contributed by atoms with E-state index in [1.807, 2.05) is 12.1 Å². The second-order valence-electron chi connectivity index (χ2n) is 23.6. The van der Waals surface area contributed by atoms with E-state index in [4.69, 9.17) is 14.2 Å². The molecule has 14 heteroatoms. The zero-order valence-corrected chi connectivity index (χ0v) is 50.3. The molecule has 2 aliphatic carbocycles. The van der Waals surface area contributed by atoms with Crippen LogP contribution in [0.4, 0.5) is 11.4 Å². The largest absolute Gasteiger partial charge is 0.489 e. The van der Waals surface area contributed by atoms with Crippen LogP contribution in [-0.2, 0) is 17.9 Å². The molecule has 2 saturated heterocycles. The SMILES string of the molecule is CCCN(CCN1CCCCC1)c1cccc2c1OCCn1c-2c(C2CCCCC2)c2ccc(C(=O)O)cc21.CCCN(CCN1CCCCC1)c1cccc2c1OCCn1c-2c(C2CCCCC2)c2ccc(OC(C)=O)cc21.Cl.Cl. The van der Waals surface area contributed by atoms with Gasteiger partial charge in [0.1, 0.15) is 19.0 Å². The lowest BCUT2D eigenvalue weighted by molar-refractivity contribution is -0.131. The summed E-state index contributed by atoms with van der Waals surface area (Å²) in [7, 11) is 0. The molecule has 4 aliphatic heterocycles. The standard InChI is InChI=1S/C34H45N3O3.C33H43N3O3.2ClH/c1-3-17-36(21-20-35-18-8-5-9-19-35)30-14-10-13-29-33-32(26-11-6-4-7-12-26)28-16-15-27(40-25(2)38)24-31(28)37(33)22-23-39-34(29)30;1-2-16-35(20-19-34-17-7-4-8-18-34)28-13-9-12-27-31-30(24-10-5-3-6-11-24)26-15-14-25(33(37)38)23-29(26)36(31)21-22-39-32(27)28;;/h10,13-16,24,26H,3-9,11-12,17-23H2,1-2H3;9,12-15,23-24H,2-8,10-11,16-22H2,1H3,(H,37,38);2*1H. The Labute approximate surface area is 494 Å². The second-order valence-corrected chi connectivity index (χ2v) is 23.6. The number of ether oxygens (including phenoxy) is 3. The van der Waals surface area contributed by atoms with Crippen LogP contribution >= 0.6 is 24.8 Å². The molecular weight excluding hydrogens is 1060 g/mol. The number of para-hydroxylation sites is 2. The minimum Gasteiger partial charge on any atom is -0.489 e. The average molecular weight is 1150 g/mol. The summed E-state index contributed by atoms with van der Waals surface area (Å²) in [5, 5.41) is 12.3. The van der Waals surface area contributed by atoms with Crippen molar-refractivity contribution in [3.8, 4) is 39.8 Å². The van der Waals surface area contributed by atoms with Gasteiger partial charge in [-0.05, 0) is 162 Å². The number of halogens is 2. The first-order valence-corrected chi connectivity index (χ1v) is 31.0. The van der Waals surface area contributed by atoms with E-state index in [9.17, 15) is 14.7 Å². The molecule has 438 valence electrons. The summed E-state index contributed by atoms with van der Waals surface area (Å²) in [6.45, 7) is 19.8. The molecule has 0 bridgehead atoms. The first-order valence-electron chi connectivity index (χ1n) is 31.0. The van der Waals surface area contributed by atoms with Gasteiger partial charge in [0.05, 0.1) is 46.9 Å². The number of esters is 1. The number of aromatic nitrogens is 2. The highest BCUT2D eigenvalue weighted by Crippen LogP contribution is 2.52. The van der Waals surface area contributed by atoms with Crippen molar-refractivity contribution in [1.82, 2.24) is 18.9 Å². The lowest BCUT2D eigenvalue weighted by Crippen LogP contribution is -2.38. The van der Waals surface area contributed by atoms with E-state index in [0.717, 1.165) is 93.3 Å². The smallest absolute Gasteiger partial charge is 0.335 e. The minimum absolute atomic E-state index is 0. The molecule has 0 atom stereocenters. The van der Waals surface area contributed by atoms with Crippen LogP contribution in [0.3, 0.4) is 0 Å². The molecule has 6 heterocycles. The van der Waals surface area contributed by atoms with Crippen LogP contribution in [0.25, 0.3) is 44.3 Å². The van der Waals surface area contributed by atoms with Gasteiger partial charge in [0.15, 0.2) is 11.5 Å². The molecule has 12 nitrogen and oxygen atoms in total. The predicted octanol–water partition coefficient (Wildman–Crippen LogP) is 15.4. The molecule has 6 aromatic rings. The minimum atomic E-state index is -0.872. The van der Waals surface area contributed by atoms with E-state index in [1.165, 1.54) is 186 Å². The molecule has 4 aromatic carbocycles. The number of likely N-dealkylation sites (tertiary alicyclic amines) is 2. The van der Waals surface area contributed by atoms with Gasteiger partial charge in [0, 0.05) is 79.7 Å². The van der Waals surface area contributed by atoms with Crippen molar-refractivity contribution in [3.05, 3.63) is 89.5 Å². The number of carbonyl (C=O) groups excluding carboxylic acids is 1. The third-order valence-electron chi connectivity index (χ3n) is 18.3. The van der Waals surface area contributed by atoms with Crippen LogP contribution in [0.1, 0.15) is 170 Å². The van der Waals surface area contributed by atoms with Crippen molar-refractivity contribution in [2.45, 2.75) is 161 Å². The van der Waals surface area contributed by atoms with Crippen LogP contribution in [0.2, 0.25) is 0 Å². The number of rotatable bonds is 16. The van der Waals surface area contributed by atoms with Crippen molar-refractivity contribution >= 4 is 69.9 Å². The molecule has 0 unspecified atom stereocenters. The number of hydrogen-bond acceptors (Lipinski definition) is 9. The molecule has 6 aliphatic rings. The molecule has 2 saturated carbocycles. The number of carbonyl (C=O) groups is 2. The quantitative estimate of drug-likeness (QED) is 0.0744. The second kappa shape index (κ2) is 28.3. The molecule has 81 heavy (non-hydrogen) atoms.